The van der Waals surface area contributed by atoms with E-state index < -0.39 is 5.91 Å². The highest BCUT2D eigenvalue weighted by atomic mass is 16.6. The number of nitrogens with two attached hydrogens (primary N) is 1. The van der Waals surface area contributed by atoms with Crippen molar-refractivity contribution in [1.82, 2.24) is 4.90 Å². The first-order chi connectivity index (χ1) is 12.6. The minimum atomic E-state index is -0.439. The number of amides is 2. The smallest absolute Gasteiger partial charge is 0.254 e. The molecule has 2 aromatic carbocycles. The summed E-state index contributed by atoms with van der Waals surface area (Å²) in [6.45, 7) is 0.338. The van der Waals surface area contributed by atoms with Gasteiger partial charge in [0.05, 0.1) is 12.3 Å². The van der Waals surface area contributed by atoms with Gasteiger partial charge in [0.1, 0.15) is 7.11 Å². The van der Waals surface area contributed by atoms with Crippen LogP contribution in [0.1, 0.15) is 23.2 Å². The van der Waals surface area contributed by atoms with Crippen LogP contribution in [0.3, 0.4) is 0 Å². The Morgan fingerprint density at radius 3 is 2.38 bits per heavy atom. The maximum absolute atomic E-state index is 12.9. The van der Waals surface area contributed by atoms with Crippen LogP contribution in [0.15, 0.2) is 59.8 Å². The molecule has 1 aliphatic heterocycles. The van der Waals surface area contributed by atoms with Crippen LogP contribution in [0, 0.1) is 0 Å². The van der Waals surface area contributed by atoms with E-state index in [4.69, 9.17) is 10.6 Å². The molecular formula is C20H21N3O3. The van der Waals surface area contributed by atoms with Gasteiger partial charge in [0.25, 0.3) is 5.91 Å². The molecule has 0 spiro atoms. The van der Waals surface area contributed by atoms with Crippen molar-refractivity contribution in [2.45, 2.75) is 18.9 Å². The van der Waals surface area contributed by atoms with E-state index >= 15 is 0 Å². The number of hydrogen-bond donors (Lipinski definition) is 1. The first-order valence-electron chi connectivity index (χ1n) is 8.42. The molecule has 1 saturated heterocycles. The summed E-state index contributed by atoms with van der Waals surface area (Å²) < 4.78 is 0. The number of oxime groups is 1. The highest BCUT2D eigenvalue weighted by Crippen LogP contribution is 2.24. The third kappa shape index (κ3) is 3.91. The van der Waals surface area contributed by atoms with Gasteiger partial charge >= 0.3 is 0 Å². The number of carbonyl (C=O) groups excluding carboxylic acids is 2. The Morgan fingerprint density at radius 1 is 1.12 bits per heavy atom. The van der Waals surface area contributed by atoms with Gasteiger partial charge < -0.3 is 15.5 Å². The molecule has 2 amide bonds. The molecule has 0 saturated carbocycles. The molecule has 0 unspecified atom stereocenters. The van der Waals surface area contributed by atoms with Crippen molar-refractivity contribution in [2.75, 3.05) is 13.7 Å². The molecule has 26 heavy (non-hydrogen) atoms. The summed E-state index contributed by atoms with van der Waals surface area (Å²) >= 11 is 0. The third-order valence-electron chi connectivity index (χ3n) is 4.42. The second-order valence-electron chi connectivity index (χ2n) is 6.24. The van der Waals surface area contributed by atoms with Crippen molar-refractivity contribution in [2.24, 2.45) is 10.9 Å². The largest absolute Gasteiger partial charge is 0.399 e. The second-order valence-corrected chi connectivity index (χ2v) is 6.24. The quantitative estimate of drug-likeness (QED) is 0.840. The first kappa shape index (κ1) is 17.7. The van der Waals surface area contributed by atoms with E-state index in [-0.39, 0.29) is 18.4 Å². The van der Waals surface area contributed by atoms with Gasteiger partial charge in [0, 0.05) is 24.4 Å². The molecule has 0 aromatic heterocycles. The molecule has 2 N–H and O–H groups in total. The van der Waals surface area contributed by atoms with Gasteiger partial charge in [-0.2, -0.15) is 0 Å². The van der Waals surface area contributed by atoms with E-state index in [0.717, 1.165) is 16.8 Å². The van der Waals surface area contributed by atoms with Crippen molar-refractivity contribution in [3.63, 3.8) is 0 Å². The highest BCUT2D eigenvalue weighted by Gasteiger charge is 2.34. The summed E-state index contributed by atoms with van der Waals surface area (Å²) in [5, 5.41) is 3.93. The van der Waals surface area contributed by atoms with Crippen LogP contribution in [0.25, 0.3) is 11.1 Å². The lowest BCUT2D eigenvalue weighted by Crippen LogP contribution is -2.38. The molecule has 0 radical (unpaired) electrons. The molecule has 1 heterocycles. The predicted octanol–water partition coefficient (Wildman–Crippen LogP) is 2.45. The molecule has 1 fully saturated rings. The molecule has 0 aliphatic carbocycles. The Hall–Kier alpha value is -3.15. The van der Waals surface area contributed by atoms with Gasteiger partial charge in [-0.3, -0.25) is 9.59 Å². The van der Waals surface area contributed by atoms with Crippen LogP contribution >= 0.6 is 0 Å². The van der Waals surface area contributed by atoms with Crippen molar-refractivity contribution in [3.05, 3.63) is 60.2 Å². The van der Waals surface area contributed by atoms with E-state index in [0.29, 0.717) is 18.5 Å². The Kier molecular flexibility index (Phi) is 5.31. The summed E-state index contributed by atoms with van der Waals surface area (Å²) in [5.41, 5.74) is 8.76. The Balaban J connectivity index is 1.80. The normalized spacial score (nSPS) is 18.1. The van der Waals surface area contributed by atoms with Gasteiger partial charge in [-0.05, 0) is 23.3 Å². The average Bonchev–Trinajstić information content (AvgIpc) is 3.04. The number of carbonyl (C=O) groups is 2. The average molecular weight is 351 g/mol. The first-order valence-corrected chi connectivity index (χ1v) is 8.42. The number of nitrogens with zero attached hydrogens (tertiary/aromatic N) is 2. The number of benzene rings is 2. The van der Waals surface area contributed by atoms with Crippen LogP contribution in [0.5, 0.6) is 0 Å². The van der Waals surface area contributed by atoms with Gasteiger partial charge in [-0.1, -0.05) is 47.6 Å². The number of hydrogen-bond acceptors (Lipinski definition) is 4. The van der Waals surface area contributed by atoms with Crippen molar-refractivity contribution < 1.29 is 14.4 Å². The number of primary amides is 1. The minimum absolute atomic E-state index is 0.108. The predicted molar refractivity (Wildman–Crippen MR) is 99.6 cm³/mol. The summed E-state index contributed by atoms with van der Waals surface area (Å²) in [6.07, 6.45) is 0.598. The minimum Gasteiger partial charge on any atom is -0.399 e. The molecule has 3 rings (SSSR count). The van der Waals surface area contributed by atoms with Gasteiger partial charge in [0.2, 0.25) is 5.91 Å². The summed E-state index contributed by atoms with van der Waals surface area (Å²) in [5.74, 6) is -0.581. The molecular weight excluding hydrogens is 330 g/mol. The van der Waals surface area contributed by atoms with Crippen LogP contribution in [0.4, 0.5) is 0 Å². The Bertz CT molecular complexity index is 816. The topological polar surface area (TPSA) is 85.0 Å². The SMILES string of the molecule is CON=C1C[C@@H](CC(N)=O)N(C(=O)c2ccc(-c3ccccc3)cc2)C1. The van der Waals surface area contributed by atoms with E-state index in [1.807, 2.05) is 42.5 Å². The highest BCUT2D eigenvalue weighted by molar-refractivity contribution is 6.01. The van der Waals surface area contributed by atoms with E-state index in [1.165, 1.54) is 7.11 Å². The molecule has 134 valence electrons. The summed E-state index contributed by atoms with van der Waals surface area (Å²) in [6, 6.07) is 17.1. The number of likely N-dealkylation sites (tertiary alicyclic amines) is 1. The zero-order valence-electron chi connectivity index (χ0n) is 14.6. The fourth-order valence-electron chi connectivity index (χ4n) is 3.22. The molecule has 1 atom stereocenters. The van der Waals surface area contributed by atoms with E-state index in [2.05, 4.69) is 5.16 Å². The molecule has 2 aromatic rings. The fourth-order valence-corrected chi connectivity index (χ4v) is 3.22. The summed E-state index contributed by atoms with van der Waals surface area (Å²) in [4.78, 5) is 30.7. The lowest BCUT2D eigenvalue weighted by atomic mass is 10.0. The monoisotopic (exact) mass is 351 g/mol. The van der Waals surface area contributed by atoms with Gasteiger partial charge in [0.15, 0.2) is 0 Å². The summed E-state index contributed by atoms with van der Waals surface area (Å²) in [7, 11) is 1.46. The lowest BCUT2D eigenvalue weighted by Gasteiger charge is -2.23. The number of rotatable bonds is 5. The van der Waals surface area contributed by atoms with Gasteiger partial charge in [-0.25, -0.2) is 0 Å². The zero-order valence-corrected chi connectivity index (χ0v) is 14.6. The molecule has 6 nitrogen and oxygen atoms in total. The fraction of sp³-hybridized carbons (Fsp3) is 0.250. The molecule has 0 bridgehead atoms. The molecule has 6 heteroatoms. The standard InChI is InChI=1S/C20H21N3O3/c1-26-22-17-11-18(12-19(21)24)23(13-17)20(25)16-9-7-15(8-10-16)14-5-3-2-4-6-14/h2-10,18H,11-13H2,1H3,(H2,21,24)/t18-/m0/s1. The van der Waals surface area contributed by atoms with Crippen LogP contribution in [-0.2, 0) is 9.63 Å². The van der Waals surface area contributed by atoms with Crippen LogP contribution in [-0.4, -0.2) is 42.1 Å². The Morgan fingerprint density at radius 2 is 1.77 bits per heavy atom. The third-order valence-corrected chi connectivity index (χ3v) is 4.42. The van der Waals surface area contributed by atoms with E-state index in [9.17, 15) is 9.59 Å². The van der Waals surface area contributed by atoms with Crippen molar-refractivity contribution in [3.8, 4) is 11.1 Å². The molecule has 1 aliphatic rings. The maximum atomic E-state index is 12.9. The van der Waals surface area contributed by atoms with Crippen LogP contribution < -0.4 is 5.73 Å². The zero-order chi connectivity index (χ0) is 18.5. The van der Waals surface area contributed by atoms with Crippen molar-refractivity contribution >= 4 is 17.5 Å². The van der Waals surface area contributed by atoms with E-state index in [1.54, 1.807) is 17.0 Å². The lowest BCUT2D eigenvalue weighted by molar-refractivity contribution is -0.118. The second kappa shape index (κ2) is 7.82. The Labute approximate surface area is 152 Å². The van der Waals surface area contributed by atoms with Crippen molar-refractivity contribution in [1.29, 1.82) is 0 Å². The van der Waals surface area contributed by atoms with Crippen LogP contribution in [0.2, 0.25) is 0 Å². The van der Waals surface area contributed by atoms with Gasteiger partial charge in [-0.15, -0.1) is 0 Å². The maximum Gasteiger partial charge on any atom is 0.254 e.